The number of hydrogen-bond acceptors (Lipinski definition) is 0. The topological polar surface area (TPSA) is 4.93 Å². The largest absolute Gasteiger partial charge is 0.309 e. The van der Waals surface area contributed by atoms with Crippen LogP contribution in [-0.4, -0.2) is 4.57 Å². The Morgan fingerprint density at radius 3 is 1.17 bits per heavy atom. The summed E-state index contributed by atoms with van der Waals surface area (Å²) in [6.45, 7) is 2.16. The molecule has 0 amide bonds. The molecule has 0 bridgehead atoms. The summed E-state index contributed by atoms with van der Waals surface area (Å²) in [5.41, 5.74) is 17.2. The molecule has 0 unspecified atom stereocenters. The zero-order chi connectivity index (χ0) is 38.6. The van der Waals surface area contributed by atoms with Gasteiger partial charge in [0.1, 0.15) is 0 Å². The van der Waals surface area contributed by atoms with Gasteiger partial charge in [0.2, 0.25) is 0 Å². The second-order valence-electron chi connectivity index (χ2n) is 15.4. The fourth-order valence-corrected chi connectivity index (χ4v) is 9.09. The number of aryl methyl sites for hydroxylation is 1. The summed E-state index contributed by atoms with van der Waals surface area (Å²) < 4.78 is 2.39. The minimum absolute atomic E-state index is 1.19. The molecule has 0 saturated heterocycles. The summed E-state index contributed by atoms with van der Waals surface area (Å²) in [5.74, 6) is 0. The van der Waals surface area contributed by atoms with Gasteiger partial charge >= 0.3 is 0 Å². The number of fused-ring (bicyclic) bond motifs is 5. The van der Waals surface area contributed by atoms with Gasteiger partial charge in [0, 0.05) is 16.5 Å². The Bertz CT molecular complexity index is 3240. The number of para-hydroxylation sites is 1. The summed E-state index contributed by atoms with van der Waals surface area (Å²) >= 11 is 0. The molecule has 1 heteroatoms. The SMILES string of the molecule is Cc1cccc(-n2c3ccccc3c3cc(-c4ccc(-c5ccc(-c6c7ccccc7c(-c7ccc(-c8ccccc8)cc7)c7ccccc67)cc5)cc4)ccc32)c1. The Kier molecular flexibility index (Phi) is 8.12. The van der Waals surface area contributed by atoms with Gasteiger partial charge in [0.25, 0.3) is 0 Å². The highest BCUT2D eigenvalue weighted by Gasteiger charge is 2.17. The van der Waals surface area contributed by atoms with Crippen LogP contribution in [0.3, 0.4) is 0 Å². The molecule has 1 heterocycles. The number of aromatic nitrogens is 1. The molecule has 10 aromatic carbocycles. The molecule has 0 spiro atoms. The van der Waals surface area contributed by atoms with Crippen LogP contribution in [0.2, 0.25) is 0 Å². The second kappa shape index (κ2) is 13.9. The Balaban J connectivity index is 0.938. The van der Waals surface area contributed by atoms with Gasteiger partial charge < -0.3 is 4.57 Å². The van der Waals surface area contributed by atoms with Crippen molar-refractivity contribution < 1.29 is 0 Å². The lowest BCUT2D eigenvalue weighted by Gasteiger charge is -2.18. The molecule has 0 aliphatic heterocycles. The minimum atomic E-state index is 1.19. The third-order valence-corrected chi connectivity index (χ3v) is 11.9. The summed E-state index contributed by atoms with van der Waals surface area (Å²) in [6, 6.07) is 80.0. The molecule has 1 aromatic heterocycles. The van der Waals surface area contributed by atoms with Crippen LogP contribution in [0, 0.1) is 6.92 Å². The van der Waals surface area contributed by atoms with Gasteiger partial charge in [-0.15, -0.1) is 0 Å². The average molecular weight is 738 g/mol. The number of nitrogens with zero attached hydrogens (tertiary/aromatic N) is 1. The molecule has 0 aliphatic carbocycles. The van der Waals surface area contributed by atoms with E-state index >= 15 is 0 Å². The van der Waals surface area contributed by atoms with Gasteiger partial charge in [-0.2, -0.15) is 0 Å². The van der Waals surface area contributed by atoms with E-state index in [1.165, 1.54) is 110 Å². The number of hydrogen-bond donors (Lipinski definition) is 0. The summed E-state index contributed by atoms with van der Waals surface area (Å²) in [5, 5.41) is 7.59. The first-order chi connectivity index (χ1) is 28.7. The molecule has 0 N–H and O–H groups in total. The normalized spacial score (nSPS) is 11.5. The number of benzene rings is 10. The Hall–Kier alpha value is -7.48. The van der Waals surface area contributed by atoms with Crippen LogP contribution in [0.5, 0.6) is 0 Å². The van der Waals surface area contributed by atoms with Gasteiger partial charge in [-0.3, -0.25) is 0 Å². The van der Waals surface area contributed by atoms with E-state index in [0.717, 1.165) is 0 Å². The van der Waals surface area contributed by atoms with E-state index in [1.54, 1.807) is 0 Å². The maximum absolute atomic E-state index is 2.39. The van der Waals surface area contributed by atoms with Crippen molar-refractivity contribution in [2.45, 2.75) is 6.92 Å². The molecule has 11 aromatic rings. The van der Waals surface area contributed by atoms with Crippen molar-refractivity contribution in [3.05, 3.63) is 224 Å². The van der Waals surface area contributed by atoms with E-state index in [9.17, 15) is 0 Å². The van der Waals surface area contributed by atoms with Crippen LogP contribution in [0.4, 0.5) is 0 Å². The van der Waals surface area contributed by atoms with E-state index in [2.05, 4.69) is 230 Å². The van der Waals surface area contributed by atoms with Gasteiger partial charge in [-0.25, -0.2) is 0 Å². The molecule has 0 fully saturated rings. The molecular weight excluding hydrogens is 699 g/mol. The average Bonchev–Trinajstić information content (AvgIpc) is 3.62. The molecule has 58 heavy (non-hydrogen) atoms. The molecule has 0 saturated carbocycles. The summed E-state index contributed by atoms with van der Waals surface area (Å²) in [6.07, 6.45) is 0. The van der Waals surface area contributed by atoms with Crippen molar-refractivity contribution >= 4 is 43.4 Å². The predicted octanol–water partition coefficient (Wildman–Crippen LogP) is 15.7. The van der Waals surface area contributed by atoms with Gasteiger partial charge in [0.15, 0.2) is 0 Å². The lowest BCUT2D eigenvalue weighted by atomic mass is 9.85. The van der Waals surface area contributed by atoms with E-state index in [4.69, 9.17) is 0 Å². The fraction of sp³-hybridized carbons (Fsp3) is 0.0175. The van der Waals surface area contributed by atoms with Gasteiger partial charge in [-0.1, -0.05) is 188 Å². The van der Waals surface area contributed by atoms with Crippen LogP contribution in [0.25, 0.3) is 105 Å². The lowest BCUT2D eigenvalue weighted by molar-refractivity contribution is 1.17. The maximum Gasteiger partial charge on any atom is 0.0541 e. The molecule has 0 atom stereocenters. The highest BCUT2D eigenvalue weighted by Crippen LogP contribution is 2.44. The van der Waals surface area contributed by atoms with Crippen LogP contribution in [0.15, 0.2) is 218 Å². The molecule has 0 radical (unpaired) electrons. The van der Waals surface area contributed by atoms with Crippen molar-refractivity contribution in [2.75, 3.05) is 0 Å². The monoisotopic (exact) mass is 737 g/mol. The maximum atomic E-state index is 2.39. The fourth-order valence-electron chi connectivity index (χ4n) is 9.09. The van der Waals surface area contributed by atoms with Gasteiger partial charge in [-0.05, 0) is 120 Å². The van der Waals surface area contributed by atoms with Crippen molar-refractivity contribution in [1.82, 2.24) is 4.57 Å². The molecular formula is C57H39N. The van der Waals surface area contributed by atoms with Crippen molar-refractivity contribution in [2.24, 2.45) is 0 Å². The zero-order valence-electron chi connectivity index (χ0n) is 32.2. The molecule has 272 valence electrons. The van der Waals surface area contributed by atoms with E-state index in [0.29, 0.717) is 0 Å². The first-order valence-corrected chi connectivity index (χ1v) is 20.1. The first-order valence-electron chi connectivity index (χ1n) is 20.1. The summed E-state index contributed by atoms with van der Waals surface area (Å²) in [4.78, 5) is 0. The van der Waals surface area contributed by atoms with E-state index < -0.39 is 0 Å². The minimum Gasteiger partial charge on any atom is -0.309 e. The van der Waals surface area contributed by atoms with Crippen molar-refractivity contribution in [3.8, 4) is 61.3 Å². The first kappa shape index (κ1) is 33.8. The third kappa shape index (κ3) is 5.71. The molecule has 0 aliphatic rings. The van der Waals surface area contributed by atoms with Crippen LogP contribution >= 0.6 is 0 Å². The van der Waals surface area contributed by atoms with Crippen LogP contribution in [0.1, 0.15) is 5.56 Å². The summed E-state index contributed by atoms with van der Waals surface area (Å²) in [7, 11) is 0. The Morgan fingerprint density at radius 1 is 0.259 bits per heavy atom. The molecule has 11 rings (SSSR count). The highest BCUT2D eigenvalue weighted by atomic mass is 15.0. The van der Waals surface area contributed by atoms with E-state index in [1.807, 2.05) is 0 Å². The van der Waals surface area contributed by atoms with Crippen molar-refractivity contribution in [3.63, 3.8) is 0 Å². The van der Waals surface area contributed by atoms with Crippen molar-refractivity contribution in [1.29, 1.82) is 0 Å². The van der Waals surface area contributed by atoms with Gasteiger partial charge in [0.05, 0.1) is 11.0 Å². The Labute approximate surface area is 338 Å². The lowest BCUT2D eigenvalue weighted by Crippen LogP contribution is -1.94. The van der Waals surface area contributed by atoms with Crippen LogP contribution < -0.4 is 0 Å². The van der Waals surface area contributed by atoms with Crippen LogP contribution in [-0.2, 0) is 0 Å². The second-order valence-corrected chi connectivity index (χ2v) is 15.4. The third-order valence-electron chi connectivity index (χ3n) is 11.9. The highest BCUT2D eigenvalue weighted by molar-refractivity contribution is 6.21. The standard InChI is InChI=1S/C57H39N/c1-38-12-11-15-47(36-38)58-54-21-10-9-16-48(54)53-37-46(34-35-55(53)58)43-24-22-41(23-25-43)42-28-32-45(33-29-42)57-51-19-7-5-17-49(51)56(50-18-6-8-20-52(50)57)44-30-26-40(27-31-44)39-13-3-2-4-14-39/h2-37H,1H3. The quantitative estimate of drug-likeness (QED) is 0.150. The number of rotatable bonds is 6. The zero-order valence-corrected chi connectivity index (χ0v) is 32.2. The smallest absolute Gasteiger partial charge is 0.0541 e. The molecule has 1 nitrogen and oxygen atoms in total. The predicted molar refractivity (Wildman–Crippen MR) is 248 cm³/mol. The van der Waals surface area contributed by atoms with E-state index in [-0.39, 0.29) is 0 Å². The Morgan fingerprint density at radius 2 is 0.655 bits per heavy atom.